The van der Waals surface area contributed by atoms with Crippen LogP contribution in [0.5, 0.6) is 0 Å². The van der Waals surface area contributed by atoms with Gasteiger partial charge in [0.1, 0.15) is 0 Å². The summed E-state index contributed by atoms with van der Waals surface area (Å²) in [5.41, 5.74) is -0.0874. The zero-order valence-corrected chi connectivity index (χ0v) is 10.3. The number of methoxy groups -OCH3 is 1. The molecular weight excluding hydrogens is 232 g/mol. The van der Waals surface area contributed by atoms with Crippen LogP contribution in [0.15, 0.2) is 12.1 Å². The first-order chi connectivity index (χ1) is 7.15. The second kappa shape index (κ2) is 4.42. The maximum Gasteiger partial charge on any atom is 0.0932 e. The summed E-state index contributed by atoms with van der Waals surface area (Å²) in [5.74, 6) is 0. The lowest BCUT2D eigenvalue weighted by Crippen LogP contribution is -2.40. The van der Waals surface area contributed by atoms with E-state index in [1.165, 1.54) is 17.8 Å². The fraction of sp³-hybridized carbons (Fsp3) is 0.636. The van der Waals surface area contributed by atoms with Crippen molar-refractivity contribution in [2.24, 2.45) is 0 Å². The van der Waals surface area contributed by atoms with Gasteiger partial charge in [-0.25, -0.2) is 0 Å². The first-order valence-corrected chi connectivity index (χ1v) is 6.33. The molecule has 15 heavy (non-hydrogen) atoms. The fourth-order valence-corrected chi connectivity index (χ4v) is 3.07. The molecule has 1 fully saturated rings. The standard InChI is InChI=1S/C11H15ClO2S/c1-14-11(5-2-6-11)7-8(13)9-3-4-10(12)15-9/h3-4,8,13H,2,5-7H2,1H3. The molecule has 2 nitrogen and oxygen atoms in total. The minimum atomic E-state index is -0.442. The minimum absolute atomic E-state index is 0.0874. The summed E-state index contributed by atoms with van der Waals surface area (Å²) in [6, 6.07) is 3.71. The molecule has 0 radical (unpaired) electrons. The van der Waals surface area contributed by atoms with Gasteiger partial charge in [-0.05, 0) is 31.4 Å². The molecule has 0 saturated heterocycles. The molecule has 1 aliphatic carbocycles. The highest BCUT2D eigenvalue weighted by molar-refractivity contribution is 7.16. The maximum absolute atomic E-state index is 10.0. The zero-order chi connectivity index (χ0) is 10.9. The first kappa shape index (κ1) is 11.4. The Bertz CT molecular complexity index is 328. The largest absolute Gasteiger partial charge is 0.387 e. The molecule has 0 amide bonds. The van der Waals surface area contributed by atoms with E-state index in [9.17, 15) is 5.11 Å². The summed E-state index contributed by atoms with van der Waals surface area (Å²) < 4.78 is 6.21. The van der Waals surface area contributed by atoms with Crippen LogP contribution >= 0.6 is 22.9 Å². The van der Waals surface area contributed by atoms with E-state index in [2.05, 4.69) is 0 Å². The fourth-order valence-electron chi connectivity index (χ4n) is 2.02. The van der Waals surface area contributed by atoms with E-state index in [1.54, 1.807) is 7.11 Å². The molecule has 1 saturated carbocycles. The van der Waals surface area contributed by atoms with Crippen LogP contribution in [0.3, 0.4) is 0 Å². The van der Waals surface area contributed by atoms with Crippen molar-refractivity contribution >= 4 is 22.9 Å². The van der Waals surface area contributed by atoms with Crippen LogP contribution in [0.25, 0.3) is 0 Å². The van der Waals surface area contributed by atoms with Crippen LogP contribution in [0, 0.1) is 0 Å². The minimum Gasteiger partial charge on any atom is -0.387 e. The Hall–Kier alpha value is -0.0900. The van der Waals surface area contributed by atoms with Gasteiger partial charge in [0.05, 0.1) is 16.0 Å². The normalized spacial score (nSPS) is 21.0. The zero-order valence-electron chi connectivity index (χ0n) is 8.70. The van der Waals surface area contributed by atoms with Crippen molar-refractivity contribution in [1.82, 2.24) is 0 Å². The Morgan fingerprint density at radius 3 is 2.73 bits per heavy atom. The average molecular weight is 247 g/mol. The van der Waals surface area contributed by atoms with Gasteiger partial charge in [0.15, 0.2) is 0 Å². The van der Waals surface area contributed by atoms with Gasteiger partial charge >= 0.3 is 0 Å². The first-order valence-electron chi connectivity index (χ1n) is 5.14. The van der Waals surface area contributed by atoms with Crippen LogP contribution in [0.1, 0.15) is 36.7 Å². The molecule has 0 spiro atoms. The number of hydrogen-bond donors (Lipinski definition) is 1. The number of aliphatic hydroxyl groups excluding tert-OH is 1. The Balaban J connectivity index is 1.99. The number of aliphatic hydroxyl groups is 1. The molecule has 1 unspecified atom stereocenters. The van der Waals surface area contributed by atoms with Crippen molar-refractivity contribution < 1.29 is 9.84 Å². The number of halogens is 1. The van der Waals surface area contributed by atoms with E-state index in [0.29, 0.717) is 6.42 Å². The molecule has 1 aliphatic rings. The SMILES string of the molecule is COC1(CC(O)c2ccc(Cl)s2)CCC1. The lowest BCUT2D eigenvalue weighted by molar-refractivity contribution is -0.0994. The van der Waals surface area contributed by atoms with Gasteiger partial charge in [0.2, 0.25) is 0 Å². The molecule has 0 bridgehead atoms. The van der Waals surface area contributed by atoms with Crippen molar-refractivity contribution in [1.29, 1.82) is 0 Å². The van der Waals surface area contributed by atoms with E-state index in [-0.39, 0.29) is 5.60 Å². The highest BCUT2D eigenvalue weighted by Crippen LogP contribution is 2.43. The van der Waals surface area contributed by atoms with E-state index in [0.717, 1.165) is 22.1 Å². The van der Waals surface area contributed by atoms with Gasteiger partial charge in [-0.15, -0.1) is 11.3 Å². The second-order valence-corrected chi connectivity index (χ2v) is 5.85. The maximum atomic E-state index is 10.0. The predicted molar refractivity (Wildman–Crippen MR) is 62.5 cm³/mol. The van der Waals surface area contributed by atoms with Gasteiger partial charge in [-0.3, -0.25) is 0 Å². The van der Waals surface area contributed by atoms with E-state index >= 15 is 0 Å². The highest BCUT2D eigenvalue weighted by atomic mass is 35.5. The Morgan fingerprint density at radius 2 is 2.33 bits per heavy atom. The molecule has 2 rings (SSSR count). The third-order valence-electron chi connectivity index (χ3n) is 3.19. The van der Waals surface area contributed by atoms with Crippen molar-refractivity contribution in [3.63, 3.8) is 0 Å². The molecule has 84 valence electrons. The van der Waals surface area contributed by atoms with Crippen LogP contribution in [-0.4, -0.2) is 17.8 Å². The van der Waals surface area contributed by atoms with Gasteiger partial charge in [-0.2, -0.15) is 0 Å². The number of thiophene rings is 1. The molecule has 1 aromatic rings. The third-order valence-corrected chi connectivity index (χ3v) is 4.52. The summed E-state index contributed by atoms with van der Waals surface area (Å²) in [6.07, 6.45) is 3.55. The lowest BCUT2D eigenvalue weighted by atomic mass is 9.76. The van der Waals surface area contributed by atoms with E-state index in [4.69, 9.17) is 16.3 Å². The van der Waals surface area contributed by atoms with E-state index < -0.39 is 6.10 Å². The van der Waals surface area contributed by atoms with Crippen LogP contribution < -0.4 is 0 Å². The van der Waals surface area contributed by atoms with Crippen LogP contribution in [0.4, 0.5) is 0 Å². The van der Waals surface area contributed by atoms with Crippen molar-refractivity contribution in [3.05, 3.63) is 21.3 Å². The third kappa shape index (κ3) is 2.36. The quantitative estimate of drug-likeness (QED) is 0.883. The lowest BCUT2D eigenvalue weighted by Gasteiger charge is -2.41. The molecule has 1 atom stereocenters. The predicted octanol–water partition coefficient (Wildman–Crippen LogP) is 3.39. The number of ether oxygens (including phenoxy) is 1. The van der Waals surface area contributed by atoms with Crippen molar-refractivity contribution in [3.8, 4) is 0 Å². The summed E-state index contributed by atoms with van der Waals surface area (Å²) in [4.78, 5) is 0.934. The highest BCUT2D eigenvalue weighted by Gasteiger charge is 2.39. The Morgan fingerprint density at radius 1 is 1.60 bits per heavy atom. The molecule has 1 heterocycles. The number of hydrogen-bond acceptors (Lipinski definition) is 3. The summed E-state index contributed by atoms with van der Waals surface area (Å²) in [7, 11) is 1.73. The smallest absolute Gasteiger partial charge is 0.0932 e. The average Bonchev–Trinajstić information content (AvgIpc) is 2.58. The van der Waals surface area contributed by atoms with Gasteiger partial charge < -0.3 is 9.84 Å². The van der Waals surface area contributed by atoms with Gasteiger partial charge in [0, 0.05) is 18.4 Å². The monoisotopic (exact) mass is 246 g/mol. The summed E-state index contributed by atoms with van der Waals surface area (Å²) >= 11 is 7.28. The molecule has 4 heteroatoms. The molecule has 1 N–H and O–H groups in total. The number of rotatable bonds is 4. The summed E-state index contributed by atoms with van der Waals surface area (Å²) in [6.45, 7) is 0. The van der Waals surface area contributed by atoms with Gasteiger partial charge in [0.25, 0.3) is 0 Å². The van der Waals surface area contributed by atoms with Crippen LogP contribution in [-0.2, 0) is 4.74 Å². The van der Waals surface area contributed by atoms with Crippen molar-refractivity contribution in [2.45, 2.75) is 37.4 Å². The molecule has 0 aliphatic heterocycles. The molecule has 0 aromatic carbocycles. The Labute approximate surface area is 98.8 Å². The summed E-state index contributed by atoms with van der Waals surface area (Å²) in [5, 5.41) is 10.0. The molecule has 1 aromatic heterocycles. The Kier molecular flexibility index (Phi) is 3.36. The molecular formula is C11H15ClO2S. The topological polar surface area (TPSA) is 29.5 Å². The van der Waals surface area contributed by atoms with Crippen LogP contribution in [0.2, 0.25) is 4.34 Å². The van der Waals surface area contributed by atoms with E-state index in [1.807, 2.05) is 12.1 Å². The van der Waals surface area contributed by atoms with Gasteiger partial charge in [-0.1, -0.05) is 11.6 Å². The van der Waals surface area contributed by atoms with Crippen molar-refractivity contribution in [2.75, 3.05) is 7.11 Å². The second-order valence-electron chi connectivity index (χ2n) is 4.10.